The first-order valence-corrected chi connectivity index (χ1v) is 12.3. The monoisotopic (exact) mass is 492 g/mol. The molecule has 0 saturated carbocycles. The molecule has 1 aliphatic heterocycles. The van der Waals surface area contributed by atoms with E-state index in [4.69, 9.17) is 0 Å². The van der Waals surface area contributed by atoms with Crippen molar-refractivity contribution < 1.29 is 9.18 Å². The second-order valence-electron chi connectivity index (χ2n) is 8.55. The Morgan fingerprint density at radius 1 is 0.943 bits per heavy atom. The molecule has 10 heteroatoms. The van der Waals surface area contributed by atoms with Gasteiger partial charge in [0.15, 0.2) is 5.16 Å². The third kappa shape index (κ3) is 4.66. The van der Waals surface area contributed by atoms with E-state index in [9.17, 15) is 14.0 Å². The number of rotatable bonds is 5. The highest BCUT2D eigenvalue weighted by Crippen LogP contribution is 2.20. The van der Waals surface area contributed by atoms with E-state index in [0.717, 1.165) is 22.5 Å². The van der Waals surface area contributed by atoms with Gasteiger partial charge in [-0.25, -0.2) is 4.39 Å². The van der Waals surface area contributed by atoms with Crippen molar-refractivity contribution in [3.8, 4) is 5.69 Å². The van der Waals surface area contributed by atoms with Gasteiger partial charge in [0.2, 0.25) is 11.6 Å². The number of nitrogens with zero attached hydrogens (tertiary/aromatic N) is 6. The van der Waals surface area contributed by atoms with Crippen molar-refractivity contribution in [2.75, 3.05) is 36.8 Å². The van der Waals surface area contributed by atoms with Crippen LogP contribution in [0.15, 0.2) is 64.8 Å². The molecule has 2 aromatic heterocycles. The minimum Gasteiger partial charge on any atom is -0.368 e. The number of fused-ring (bicyclic) bond motifs is 1. The van der Waals surface area contributed by atoms with Gasteiger partial charge in [0.05, 0.1) is 5.75 Å². The summed E-state index contributed by atoms with van der Waals surface area (Å²) in [6.07, 6.45) is 3.45. The van der Waals surface area contributed by atoms with Gasteiger partial charge >= 0.3 is 5.56 Å². The molecule has 5 rings (SSSR count). The van der Waals surface area contributed by atoms with Gasteiger partial charge in [-0.05, 0) is 61.4 Å². The van der Waals surface area contributed by atoms with Crippen LogP contribution in [0.4, 0.5) is 10.1 Å². The second-order valence-corrected chi connectivity index (χ2v) is 9.49. The third-order valence-electron chi connectivity index (χ3n) is 6.36. The smallest absolute Gasteiger partial charge is 0.300 e. The van der Waals surface area contributed by atoms with E-state index in [-0.39, 0.29) is 28.7 Å². The largest absolute Gasteiger partial charge is 0.368 e. The van der Waals surface area contributed by atoms with Crippen molar-refractivity contribution in [1.82, 2.24) is 24.1 Å². The molecular formula is C25H25FN6O2S. The topological polar surface area (TPSA) is 75.7 Å². The van der Waals surface area contributed by atoms with Gasteiger partial charge in [-0.3, -0.25) is 18.6 Å². The van der Waals surface area contributed by atoms with E-state index in [1.807, 2.05) is 36.9 Å². The van der Waals surface area contributed by atoms with Gasteiger partial charge in [0.1, 0.15) is 5.82 Å². The van der Waals surface area contributed by atoms with Gasteiger partial charge in [0.25, 0.3) is 0 Å². The maximum absolute atomic E-state index is 13.2. The molecule has 180 valence electrons. The van der Waals surface area contributed by atoms with E-state index in [1.54, 1.807) is 33.5 Å². The van der Waals surface area contributed by atoms with Crippen LogP contribution < -0.4 is 10.5 Å². The number of hydrogen-bond acceptors (Lipinski definition) is 6. The van der Waals surface area contributed by atoms with Crippen molar-refractivity contribution in [2.45, 2.75) is 19.0 Å². The molecule has 0 aliphatic carbocycles. The first-order valence-electron chi connectivity index (χ1n) is 11.4. The Hall–Kier alpha value is -3.66. The average molecular weight is 493 g/mol. The number of anilines is 1. The fraction of sp³-hybridized carbons (Fsp3) is 0.280. The molecule has 0 atom stereocenters. The number of carbonyl (C=O) groups is 1. The molecule has 0 N–H and O–H groups in total. The van der Waals surface area contributed by atoms with Crippen LogP contribution in [-0.4, -0.2) is 61.9 Å². The van der Waals surface area contributed by atoms with Gasteiger partial charge in [-0.1, -0.05) is 17.8 Å². The number of benzene rings is 2. The lowest BCUT2D eigenvalue weighted by molar-refractivity contribution is -0.128. The van der Waals surface area contributed by atoms with Gasteiger partial charge in [0, 0.05) is 49.9 Å². The Morgan fingerprint density at radius 2 is 1.66 bits per heavy atom. The summed E-state index contributed by atoms with van der Waals surface area (Å²) in [6, 6.07) is 12.3. The van der Waals surface area contributed by atoms with E-state index in [0.29, 0.717) is 31.3 Å². The molecule has 1 fully saturated rings. The highest BCUT2D eigenvalue weighted by Gasteiger charge is 2.22. The Balaban J connectivity index is 1.24. The lowest BCUT2D eigenvalue weighted by Crippen LogP contribution is -2.49. The quantitative estimate of drug-likeness (QED) is 0.399. The van der Waals surface area contributed by atoms with Crippen LogP contribution in [0.2, 0.25) is 0 Å². The average Bonchev–Trinajstić information content (AvgIpc) is 3.29. The SMILES string of the molecule is Cc1ccc(-n2ccn3c(SCC(=O)N4CCN(c5ccc(F)cc5)CC4)nnc3c2=O)cc1C. The van der Waals surface area contributed by atoms with Crippen LogP contribution in [-0.2, 0) is 4.79 Å². The summed E-state index contributed by atoms with van der Waals surface area (Å²) in [4.78, 5) is 29.8. The van der Waals surface area contributed by atoms with Crippen LogP contribution in [0.5, 0.6) is 0 Å². The molecule has 35 heavy (non-hydrogen) atoms. The van der Waals surface area contributed by atoms with Crippen LogP contribution in [0, 0.1) is 19.7 Å². The van der Waals surface area contributed by atoms with Gasteiger partial charge < -0.3 is 9.80 Å². The Morgan fingerprint density at radius 3 is 2.37 bits per heavy atom. The number of thioether (sulfide) groups is 1. The summed E-state index contributed by atoms with van der Waals surface area (Å²) < 4.78 is 16.3. The molecule has 2 aromatic carbocycles. The summed E-state index contributed by atoms with van der Waals surface area (Å²) in [5.74, 6) is -0.0452. The Bertz CT molecular complexity index is 1440. The van der Waals surface area contributed by atoms with E-state index >= 15 is 0 Å². The molecule has 1 aliphatic rings. The molecule has 8 nitrogen and oxygen atoms in total. The standard InChI is InChI=1S/C25H25FN6O2S/c1-17-3-6-21(15-18(17)2)31-13-14-32-23(24(31)34)27-28-25(32)35-16-22(33)30-11-9-29(10-12-30)20-7-4-19(26)5-8-20/h3-8,13-15H,9-12,16H2,1-2H3. The molecule has 0 bridgehead atoms. The summed E-state index contributed by atoms with van der Waals surface area (Å²) in [6.45, 7) is 6.60. The lowest BCUT2D eigenvalue weighted by Gasteiger charge is -2.36. The lowest BCUT2D eigenvalue weighted by atomic mass is 10.1. The fourth-order valence-electron chi connectivity index (χ4n) is 4.13. The Kier molecular flexibility index (Phi) is 6.29. The number of hydrogen-bond donors (Lipinski definition) is 0. The molecule has 1 amide bonds. The van der Waals surface area contributed by atoms with Crippen LogP contribution in [0.1, 0.15) is 11.1 Å². The third-order valence-corrected chi connectivity index (χ3v) is 7.28. The van der Waals surface area contributed by atoms with Crippen molar-refractivity contribution in [2.24, 2.45) is 0 Å². The predicted molar refractivity (Wildman–Crippen MR) is 134 cm³/mol. The normalized spacial score (nSPS) is 14.0. The van der Waals surface area contributed by atoms with Crippen LogP contribution in [0.25, 0.3) is 11.3 Å². The highest BCUT2D eigenvalue weighted by molar-refractivity contribution is 7.99. The van der Waals surface area contributed by atoms with Crippen LogP contribution >= 0.6 is 11.8 Å². The molecular weight excluding hydrogens is 467 g/mol. The van der Waals surface area contributed by atoms with Gasteiger partial charge in [-0.2, -0.15) is 0 Å². The summed E-state index contributed by atoms with van der Waals surface area (Å²) >= 11 is 1.27. The van der Waals surface area contributed by atoms with E-state index < -0.39 is 0 Å². The predicted octanol–water partition coefficient (Wildman–Crippen LogP) is 3.08. The zero-order chi connectivity index (χ0) is 24.5. The molecule has 4 aromatic rings. The fourth-order valence-corrected chi connectivity index (χ4v) is 4.95. The Labute approximate surface area is 206 Å². The van der Waals surface area contributed by atoms with Crippen molar-refractivity contribution in [1.29, 1.82) is 0 Å². The van der Waals surface area contributed by atoms with Crippen LogP contribution in [0.3, 0.4) is 0 Å². The van der Waals surface area contributed by atoms with Crippen molar-refractivity contribution in [3.63, 3.8) is 0 Å². The van der Waals surface area contributed by atoms with Crippen molar-refractivity contribution in [3.05, 3.63) is 82.2 Å². The first kappa shape index (κ1) is 23.1. The van der Waals surface area contributed by atoms with Gasteiger partial charge in [-0.15, -0.1) is 10.2 Å². The molecule has 0 unspecified atom stereocenters. The molecule has 0 radical (unpaired) electrons. The number of amides is 1. The van der Waals surface area contributed by atoms with E-state index in [2.05, 4.69) is 15.1 Å². The molecule has 1 saturated heterocycles. The number of halogens is 1. The second kappa shape index (κ2) is 9.53. The summed E-state index contributed by atoms with van der Waals surface area (Å²) in [7, 11) is 0. The maximum atomic E-state index is 13.2. The van der Waals surface area contributed by atoms with E-state index in [1.165, 1.54) is 23.9 Å². The number of aryl methyl sites for hydroxylation is 2. The van der Waals surface area contributed by atoms with Crippen molar-refractivity contribution >= 4 is 29.0 Å². The summed E-state index contributed by atoms with van der Waals surface area (Å²) in [5, 5.41) is 8.74. The summed E-state index contributed by atoms with van der Waals surface area (Å²) in [5.41, 5.74) is 3.93. The highest BCUT2D eigenvalue weighted by atomic mass is 32.2. The first-order chi connectivity index (χ1) is 16.9. The molecule has 0 spiro atoms. The molecule has 3 heterocycles. The number of aromatic nitrogens is 4. The number of carbonyl (C=O) groups excluding carboxylic acids is 1. The minimum atomic E-state index is -0.265. The number of piperazine rings is 1. The minimum absolute atomic E-state index is 0.00831. The zero-order valence-electron chi connectivity index (χ0n) is 19.5. The maximum Gasteiger partial charge on any atom is 0.300 e. The zero-order valence-corrected chi connectivity index (χ0v) is 20.3.